The molecule has 0 aliphatic carbocycles. The minimum Gasteiger partial charge on any atom is -0.481 e. The molecule has 0 aliphatic heterocycles. The summed E-state index contributed by atoms with van der Waals surface area (Å²) in [6.45, 7) is 0. The average molecular weight is 188 g/mol. The van der Waals surface area contributed by atoms with Crippen LogP contribution < -0.4 is 5.43 Å². The number of carbonyl (C=O) groups is 3. The number of rotatable bonds is 6. The highest BCUT2D eigenvalue weighted by Crippen LogP contribution is 1.93. The van der Waals surface area contributed by atoms with E-state index in [0.29, 0.717) is 0 Å². The van der Waals surface area contributed by atoms with Gasteiger partial charge in [0.1, 0.15) is 5.71 Å². The molecule has 0 aromatic heterocycles. The van der Waals surface area contributed by atoms with Gasteiger partial charge in [-0.1, -0.05) is 0 Å². The molecule has 0 bridgehead atoms. The molecule has 72 valence electrons. The molecule has 0 saturated carbocycles. The van der Waals surface area contributed by atoms with Gasteiger partial charge >= 0.3 is 11.9 Å². The third-order valence-corrected chi connectivity index (χ3v) is 1.07. The van der Waals surface area contributed by atoms with Crippen LogP contribution in [0.3, 0.4) is 0 Å². The molecule has 0 aliphatic rings. The third kappa shape index (κ3) is 5.36. The maximum atomic E-state index is 10.3. The standard InChI is InChI=1S/C6H8N2O5/c9-3-7-8-4(6(12)13)1-2-5(10)11/h3H,1-2H2,(H,7,9)(H,10,11)(H,12,13)/b8-4-. The lowest BCUT2D eigenvalue weighted by atomic mass is 10.2. The topological polar surface area (TPSA) is 116 Å². The van der Waals surface area contributed by atoms with Gasteiger partial charge in [-0.15, -0.1) is 0 Å². The fourth-order valence-electron chi connectivity index (χ4n) is 0.540. The van der Waals surface area contributed by atoms with Crippen LogP contribution in [0.15, 0.2) is 5.10 Å². The van der Waals surface area contributed by atoms with E-state index in [1.807, 2.05) is 0 Å². The molecular formula is C6H8N2O5. The van der Waals surface area contributed by atoms with Crippen LogP contribution in [0.25, 0.3) is 0 Å². The van der Waals surface area contributed by atoms with Gasteiger partial charge in [-0.3, -0.25) is 9.59 Å². The summed E-state index contributed by atoms with van der Waals surface area (Å²) in [7, 11) is 0. The Morgan fingerprint density at radius 2 is 1.92 bits per heavy atom. The first-order chi connectivity index (χ1) is 6.07. The zero-order valence-electron chi connectivity index (χ0n) is 6.56. The fourth-order valence-corrected chi connectivity index (χ4v) is 0.540. The quantitative estimate of drug-likeness (QED) is 0.282. The number of hydrazone groups is 1. The molecule has 0 aromatic rings. The molecule has 0 unspecified atom stereocenters. The van der Waals surface area contributed by atoms with Gasteiger partial charge in [-0.25, -0.2) is 10.2 Å². The van der Waals surface area contributed by atoms with E-state index in [2.05, 4.69) is 5.10 Å². The van der Waals surface area contributed by atoms with Crippen LogP contribution in [-0.2, 0) is 14.4 Å². The molecular weight excluding hydrogens is 180 g/mol. The highest BCUT2D eigenvalue weighted by molar-refractivity contribution is 6.35. The van der Waals surface area contributed by atoms with Crippen molar-refractivity contribution in [2.45, 2.75) is 12.8 Å². The summed E-state index contributed by atoms with van der Waals surface area (Å²) in [6, 6.07) is 0. The maximum Gasteiger partial charge on any atom is 0.352 e. The van der Waals surface area contributed by atoms with Crippen LogP contribution in [0, 0.1) is 0 Å². The van der Waals surface area contributed by atoms with Crippen molar-refractivity contribution in [3.8, 4) is 0 Å². The van der Waals surface area contributed by atoms with E-state index >= 15 is 0 Å². The number of carboxylic acids is 2. The summed E-state index contributed by atoms with van der Waals surface area (Å²) in [4.78, 5) is 30.1. The normalized spacial score (nSPS) is 10.6. The molecule has 7 heteroatoms. The molecule has 1 amide bonds. The molecule has 0 heterocycles. The average Bonchev–Trinajstić information content (AvgIpc) is 2.03. The second-order valence-corrected chi connectivity index (χ2v) is 2.00. The Morgan fingerprint density at radius 3 is 2.31 bits per heavy atom. The van der Waals surface area contributed by atoms with Gasteiger partial charge in [0.25, 0.3) is 0 Å². The van der Waals surface area contributed by atoms with Gasteiger partial charge in [0.15, 0.2) is 0 Å². The number of aliphatic carboxylic acids is 2. The maximum absolute atomic E-state index is 10.3. The Bertz CT molecular complexity index is 247. The van der Waals surface area contributed by atoms with Crippen molar-refractivity contribution in [1.29, 1.82) is 0 Å². The minimum absolute atomic E-state index is 0.198. The molecule has 3 N–H and O–H groups in total. The number of nitrogens with one attached hydrogen (secondary N) is 1. The van der Waals surface area contributed by atoms with Crippen molar-refractivity contribution < 1.29 is 24.6 Å². The summed E-state index contributed by atoms with van der Waals surface area (Å²) in [5.74, 6) is -2.48. The zero-order chi connectivity index (χ0) is 10.3. The molecule has 0 rings (SSSR count). The van der Waals surface area contributed by atoms with E-state index in [1.54, 1.807) is 5.43 Å². The van der Waals surface area contributed by atoms with E-state index < -0.39 is 17.7 Å². The highest BCUT2D eigenvalue weighted by Gasteiger charge is 2.11. The summed E-state index contributed by atoms with van der Waals surface area (Å²) < 4.78 is 0. The van der Waals surface area contributed by atoms with E-state index in [1.165, 1.54) is 0 Å². The molecule has 0 radical (unpaired) electrons. The van der Waals surface area contributed by atoms with Gasteiger partial charge < -0.3 is 10.2 Å². The number of hydrogen-bond donors (Lipinski definition) is 3. The van der Waals surface area contributed by atoms with E-state index in [4.69, 9.17) is 10.2 Å². The summed E-state index contributed by atoms with van der Waals surface area (Å²) in [5.41, 5.74) is 1.39. The van der Waals surface area contributed by atoms with Crippen molar-refractivity contribution in [3.05, 3.63) is 0 Å². The van der Waals surface area contributed by atoms with Gasteiger partial charge in [-0.2, -0.15) is 5.10 Å². The van der Waals surface area contributed by atoms with Crippen molar-refractivity contribution in [1.82, 2.24) is 5.43 Å². The van der Waals surface area contributed by atoms with Gasteiger partial charge in [0.05, 0.1) is 6.42 Å². The van der Waals surface area contributed by atoms with Gasteiger partial charge in [-0.05, 0) is 0 Å². The molecule has 0 spiro atoms. The van der Waals surface area contributed by atoms with Crippen molar-refractivity contribution in [3.63, 3.8) is 0 Å². The first-order valence-electron chi connectivity index (χ1n) is 3.28. The smallest absolute Gasteiger partial charge is 0.352 e. The monoisotopic (exact) mass is 188 g/mol. The molecule has 0 atom stereocenters. The van der Waals surface area contributed by atoms with E-state index in [9.17, 15) is 14.4 Å². The van der Waals surface area contributed by atoms with E-state index in [0.717, 1.165) is 0 Å². The number of nitrogens with zero attached hydrogens (tertiary/aromatic N) is 1. The Kier molecular flexibility index (Phi) is 4.85. The highest BCUT2D eigenvalue weighted by atomic mass is 16.4. The lowest BCUT2D eigenvalue weighted by molar-refractivity contribution is -0.136. The summed E-state index contributed by atoms with van der Waals surface area (Å²) in [6.07, 6.45) is -0.374. The Balaban J connectivity index is 4.17. The number of hydrogen-bond acceptors (Lipinski definition) is 4. The number of carboxylic acid groups (broad SMARTS) is 2. The van der Waals surface area contributed by atoms with Crippen molar-refractivity contribution in [2.75, 3.05) is 0 Å². The lowest BCUT2D eigenvalue weighted by Gasteiger charge is -1.96. The molecule has 13 heavy (non-hydrogen) atoms. The van der Waals surface area contributed by atoms with Crippen LogP contribution in [0.2, 0.25) is 0 Å². The van der Waals surface area contributed by atoms with Crippen LogP contribution in [0.1, 0.15) is 12.8 Å². The largest absolute Gasteiger partial charge is 0.481 e. The fraction of sp³-hybridized carbons (Fsp3) is 0.333. The molecule has 0 aromatic carbocycles. The Morgan fingerprint density at radius 1 is 1.31 bits per heavy atom. The SMILES string of the molecule is O=CN/N=C(/CCC(=O)O)C(=O)O. The number of carbonyl (C=O) groups excluding carboxylic acids is 1. The lowest BCUT2D eigenvalue weighted by Crippen LogP contribution is -2.18. The first kappa shape index (κ1) is 11.1. The van der Waals surface area contributed by atoms with Crippen LogP contribution in [0.4, 0.5) is 0 Å². The second-order valence-electron chi connectivity index (χ2n) is 2.00. The minimum atomic E-state index is -1.35. The van der Waals surface area contributed by atoms with Gasteiger partial charge in [0, 0.05) is 6.42 Å². The Labute approximate surface area is 73.1 Å². The number of amides is 1. The van der Waals surface area contributed by atoms with Crippen LogP contribution >= 0.6 is 0 Å². The van der Waals surface area contributed by atoms with E-state index in [-0.39, 0.29) is 19.3 Å². The third-order valence-electron chi connectivity index (χ3n) is 1.07. The van der Waals surface area contributed by atoms with Crippen LogP contribution in [0.5, 0.6) is 0 Å². The zero-order valence-corrected chi connectivity index (χ0v) is 6.56. The second kappa shape index (κ2) is 5.70. The molecule has 7 nitrogen and oxygen atoms in total. The van der Waals surface area contributed by atoms with Crippen LogP contribution in [-0.4, -0.2) is 34.3 Å². The molecule has 0 saturated heterocycles. The predicted molar refractivity (Wildman–Crippen MR) is 41.1 cm³/mol. The molecule has 0 fully saturated rings. The predicted octanol–water partition coefficient (Wildman–Crippen LogP) is -0.962. The summed E-state index contributed by atoms with van der Waals surface area (Å²) >= 11 is 0. The van der Waals surface area contributed by atoms with Crippen molar-refractivity contribution >= 4 is 24.1 Å². The summed E-state index contributed by atoms with van der Waals surface area (Å²) in [5, 5.41) is 19.8. The Hall–Kier alpha value is -1.92. The van der Waals surface area contributed by atoms with Gasteiger partial charge in [0.2, 0.25) is 6.41 Å². The van der Waals surface area contributed by atoms with Crippen molar-refractivity contribution in [2.24, 2.45) is 5.10 Å². The first-order valence-corrected chi connectivity index (χ1v) is 3.28.